The number of hydrogen-bond acceptors (Lipinski definition) is 3. The second kappa shape index (κ2) is 6.51. The smallest absolute Gasteiger partial charge is 0.347 e. The predicted molar refractivity (Wildman–Crippen MR) is 78.1 cm³/mol. The zero-order chi connectivity index (χ0) is 13.8. The van der Waals surface area contributed by atoms with E-state index in [0.29, 0.717) is 10.8 Å². The lowest BCUT2D eigenvalue weighted by Gasteiger charge is -2.26. The molecule has 0 unspecified atom stereocenters. The minimum Gasteiger partial charge on any atom is -0.477 e. The van der Waals surface area contributed by atoms with E-state index in [2.05, 4.69) is 18.8 Å². The largest absolute Gasteiger partial charge is 0.477 e. The van der Waals surface area contributed by atoms with Crippen LogP contribution in [0.5, 0.6) is 0 Å². The van der Waals surface area contributed by atoms with Crippen LogP contribution in [0.1, 0.15) is 78.7 Å². The Hall–Kier alpha value is -0.900. The lowest BCUT2D eigenvalue weighted by Crippen LogP contribution is -2.12. The van der Waals surface area contributed by atoms with Crippen LogP contribution in [0, 0.1) is 5.92 Å². The zero-order valence-corrected chi connectivity index (χ0v) is 12.6. The van der Waals surface area contributed by atoms with Crippen LogP contribution >= 0.6 is 11.3 Å². The summed E-state index contributed by atoms with van der Waals surface area (Å²) in [5, 5.41) is 10.3. The van der Waals surface area contributed by atoms with Crippen LogP contribution in [-0.4, -0.2) is 16.1 Å². The van der Waals surface area contributed by atoms with Crippen molar-refractivity contribution in [2.45, 2.75) is 64.7 Å². The molecular weight excluding hydrogens is 258 g/mol. The van der Waals surface area contributed by atoms with Crippen LogP contribution in [0.4, 0.5) is 0 Å². The summed E-state index contributed by atoms with van der Waals surface area (Å²) >= 11 is 1.41. The first-order valence-electron chi connectivity index (χ1n) is 7.38. The van der Waals surface area contributed by atoms with Gasteiger partial charge in [-0.1, -0.05) is 26.7 Å². The molecule has 4 heteroatoms. The van der Waals surface area contributed by atoms with E-state index in [1.165, 1.54) is 43.4 Å². The molecule has 1 aromatic heterocycles. The minimum atomic E-state index is -0.811. The predicted octanol–water partition coefficient (Wildman–Crippen LogP) is 4.48. The monoisotopic (exact) mass is 281 g/mol. The summed E-state index contributed by atoms with van der Waals surface area (Å²) in [5.74, 6) is 0.552. The lowest BCUT2D eigenvalue weighted by molar-refractivity contribution is 0.0700. The van der Waals surface area contributed by atoms with Crippen molar-refractivity contribution in [2.24, 2.45) is 5.92 Å². The van der Waals surface area contributed by atoms with Crippen molar-refractivity contribution >= 4 is 17.3 Å². The Bertz CT molecular complexity index is 433. The summed E-state index contributed by atoms with van der Waals surface area (Å²) in [6.07, 6.45) is 7.90. The quantitative estimate of drug-likeness (QED) is 0.865. The molecule has 0 radical (unpaired) electrons. The van der Waals surface area contributed by atoms with Crippen molar-refractivity contribution in [3.63, 3.8) is 0 Å². The van der Waals surface area contributed by atoms with Gasteiger partial charge in [-0.3, -0.25) is 0 Å². The lowest BCUT2D eigenvalue weighted by atomic mass is 9.81. The summed E-state index contributed by atoms with van der Waals surface area (Å²) in [6, 6.07) is 0. The van der Waals surface area contributed by atoms with Crippen molar-refractivity contribution in [1.29, 1.82) is 0 Å². The van der Waals surface area contributed by atoms with E-state index in [4.69, 9.17) is 0 Å². The first-order valence-corrected chi connectivity index (χ1v) is 8.20. The molecule has 1 aromatic rings. The number of carboxylic acids is 1. The van der Waals surface area contributed by atoms with Crippen molar-refractivity contribution in [3.8, 4) is 0 Å². The average Bonchev–Trinajstić information content (AvgIpc) is 2.83. The Kier molecular flexibility index (Phi) is 4.97. The zero-order valence-electron chi connectivity index (χ0n) is 11.8. The number of thiazole rings is 1. The Morgan fingerprint density at radius 2 is 2.00 bits per heavy atom. The molecule has 0 saturated heterocycles. The van der Waals surface area contributed by atoms with E-state index in [1.807, 2.05) is 0 Å². The van der Waals surface area contributed by atoms with Crippen molar-refractivity contribution in [1.82, 2.24) is 4.98 Å². The van der Waals surface area contributed by atoms with Gasteiger partial charge < -0.3 is 5.11 Å². The topological polar surface area (TPSA) is 50.2 Å². The van der Waals surface area contributed by atoms with Crippen molar-refractivity contribution < 1.29 is 9.90 Å². The molecule has 0 spiro atoms. The van der Waals surface area contributed by atoms with Gasteiger partial charge in [0.25, 0.3) is 0 Å². The van der Waals surface area contributed by atoms with E-state index in [9.17, 15) is 9.90 Å². The maximum Gasteiger partial charge on any atom is 0.347 e. The summed E-state index contributed by atoms with van der Waals surface area (Å²) in [6.45, 7) is 4.33. The maximum atomic E-state index is 11.3. The van der Waals surface area contributed by atoms with Gasteiger partial charge in [-0.05, 0) is 38.0 Å². The van der Waals surface area contributed by atoms with Crippen molar-refractivity contribution in [3.05, 3.63) is 15.6 Å². The molecule has 1 N–H and O–H groups in total. The second-order valence-electron chi connectivity index (χ2n) is 5.51. The molecule has 19 heavy (non-hydrogen) atoms. The van der Waals surface area contributed by atoms with Crippen LogP contribution < -0.4 is 0 Å². The Balaban J connectivity index is 2.12. The molecule has 0 bridgehead atoms. The number of aryl methyl sites for hydroxylation is 1. The molecule has 0 atom stereocenters. The third-order valence-corrected chi connectivity index (χ3v) is 5.42. The number of hydrogen-bond donors (Lipinski definition) is 1. The summed E-state index contributed by atoms with van der Waals surface area (Å²) in [7, 11) is 0. The van der Waals surface area contributed by atoms with Gasteiger partial charge >= 0.3 is 5.97 Å². The third-order valence-electron chi connectivity index (χ3n) is 4.17. The van der Waals surface area contributed by atoms with Crippen molar-refractivity contribution in [2.75, 3.05) is 0 Å². The Morgan fingerprint density at radius 3 is 2.53 bits per heavy atom. The highest BCUT2D eigenvalue weighted by Gasteiger charge is 2.26. The minimum absolute atomic E-state index is 0.467. The third kappa shape index (κ3) is 3.35. The molecule has 1 aliphatic carbocycles. The molecule has 1 aliphatic rings. The van der Waals surface area contributed by atoms with E-state index in [1.54, 1.807) is 0 Å². The molecular formula is C15H23NO2S. The van der Waals surface area contributed by atoms with Crippen LogP contribution in [0.15, 0.2) is 0 Å². The Morgan fingerprint density at radius 1 is 1.32 bits per heavy atom. The second-order valence-corrected chi connectivity index (χ2v) is 6.54. The standard InChI is InChI=1S/C15H23NO2S/c1-3-5-12-13(15(17)18)19-14(16-12)11-8-6-10(4-2)7-9-11/h10-11H,3-9H2,1-2H3,(H,17,18). The molecule has 0 aliphatic heterocycles. The van der Waals surface area contributed by atoms with E-state index in [0.717, 1.165) is 29.5 Å². The van der Waals surface area contributed by atoms with E-state index < -0.39 is 5.97 Å². The van der Waals surface area contributed by atoms with Crippen LogP contribution in [0.25, 0.3) is 0 Å². The van der Waals surface area contributed by atoms with Gasteiger partial charge in [-0.2, -0.15) is 0 Å². The van der Waals surface area contributed by atoms with E-state index >= 15 is 0 Å². The number of carboxylic acid groups (broad SMARTS) is 1. The molecule has 1 fully saturated rings. The van der Waals surface area contributed by atoms with Crippen LogP contribution in [0.3, 0.4) is 0 Å². The average molecular weight is 281 g/mol. The number of rotatable bonds is 5. The number of aromatic nitrogens is 1. The Labute approximate surface area is 119 Å². The SMILES string of the molecule is CCCc1nc(C2CCC(CC)CC2)sc1C(=O)O. The first kappa shape index (κ1) is 14.5. The normalized spacial score (nSPS) is 23.5. The van der Waals surface area contributed by atoms with Crippen LogP contribution in [0.2, 0.25) is 0 Å². The molecule has 1 saturated carbocycles. The highest BCUT2D eigenvalue weighted by molar-refractivity contribution is 7.13. The van der Waals surface area contributed by atoms with Gasteiger partial charge in [0.15, 0.2) is 0 Å². The summed E-state index contributed by atoms with van der Waals surface area (Å²) in [4.78, 5) is 16.4. The van der Waals surface area contributed by atoms with Gasteiger partial charge in [0.1, 0.15) is 4.88 Å². The number of aromatic carboxylic acids is 1. The van der Waals surface area contributed by atoms with Gasteiger partial charge in [0, 0.05) is 5.92 Å². The highest BCUT2D eigenvalue weighted by Crippen LogP contribution is 2.39. The summed E-state index contributed by atoms with van der Waals surface area (Å²) in [5.41, 5.74) is 0.799. The highest BCUT2D eigenvalue weighted by atomic mass is 32.1. The molecule has 106 valence electrons. The number of nitrogens with zero attached hydrogens (tertiary/aromatic N) is 1. The fraction of sp³-hybridized carbons (Fsp3) is 0.733. The molecule has 3 nitrogen and oxygen atoms in total. The molecule has 2 rings (SSSR count). The van der Waals surface area contributed by atoms with Gasteiger partial charge in [0.05, 0.1) is 10.7 Å². The first-order chi connectivity index (χ1) is 9.15. The maximum absolute atomic E-state index is 11.3. The van der Waals surface area contributed by atoms with E-state index in [-0.39, 0.29) is 0 Å². The molecule has 0 amide bonds. The summed E-state index contributed by atoms with van der Waals surface area (Å²) < 4.78 is 0. The molecule has 1 heterocycles. The number of carbonyl (C=O) groups is 1. The fourth-order valence-corrected chi connectivity index (χ4v) is 4.06. The molecule has 0 aromatic carbocycles. The van der Waals surface area contributed by atoms with Gasteiger partial charge in [-0.25, -0.2) is 9.78 Å². The fourth-order valence-electron chi connectivity index (χ4n) is 2.94. The van der Waals surface area contributed by atoms with Gasteiger partial charge in [-0.15, -0.1) is 11.3 Å². The van der Waals surface area contributed by atoms with Crippen LogP contribution in [-0.2, 0) is 6.42 Å². The van der Waals surface area contributed by atoms with Gasteiger partial charge in [0.2, 0.25) is 0 Å².